The van der Waals surface area contributed by atoms with Gasteiger partial charge >= 0.3 is 0 Å². The Balaban J connectivity index is 1.49. The second-order valence-electron chi connectivity index (χ2n) is 5.97. The minimum Gasteiger partial charge on any atom is -0.338 e. The van der Waals surface area contributed by atoms with Crippen LogP contribution in [0.3, 0.4) is 0 Å². The van der Waals surface area contributed by atoms with Gasteiger partial charge < -0.3 is 4.90 Å². The standard InChI is InChI=1S/C18H17N3OS/c22-18(16-10-19-12-23-16)21-8-6-13(11-21)9-15-4-1-3-14-5-2-7-20-17(14)15/h1-5,7,10,12-13H,6,8-9,11H2/t13-/m1/s1. The zero-order valence-corrected chi connectivity index (χ0v) is 13.5. The highest BCUT2D eigenvalue weighted by molar-refractivity contribution is 7.11. The molecule has 1 atom stereocenters. The number of rotatable bonds is 3. The molecule has 0 radical (unpaired) electrons. The van der Waals surface area contributed by atoms with Gasteiger partial charge in [0.15, 0.2) is 0 Å². The van der Waals surface area contributed by atoms with Crippen molar-refractivity contribution in [3.63, 3.8) is 0 Å². The van der Waals surface area contributed by atoms with E-state index in [1.807, 2.05) is 17.2 Å². The van der Waals surface area contributed by atoms with E-state index in [9.17, 15) is 4.79 Å². The number of amides is 1. The Morgan fingerprint density at radius 3 is 3.09 bits per heavy atom. The number of hydrogen-bond acceptors (Lipinski definition) is 4. The molecule has 1 saturated heterocycles. The van der Waals surface area contributed by atoms with E-state index in [1.54, 1.807) is 11.7 Å². The first-order valence-corrected chi connectivity index (χ1v) is 8.69. The van der Waals surface area contributed by atoms with E-state index in [2.05, 4.69) is 34.2 Å². The molecule has 116 valence electrons. The lowest BCUT2D eigenvalue weighted by Crippen LogP contribution is -2.28. The summed E-state index contributed by atoms with van der Waals surface area (Å²) in [6.45, 7) is 1.65. The third-order valence-corrected chi connectivity index (χ3v) is 5.20. The molecule has 1 aliphatic rings. The lowest BCUT2D eigenvalue weighted by molar-refractivity contribution is 0.0791. The monoisotopic (exact) mass is 323 g/mol. The number of para-hydroxylation sites is 1. The van der Waals surface area contributed by atoms with Crippen molar-refractivity contribution < 1.29 is 4.79 Å². The highest BCUT2D eigenvalue weighted by atomic mass is 32.1. The first kappa shape index (κ1) is 14.3. The fraction of sp³-hybridized carbons (Fsp3) is 0.278. The van der Waals surface area contributed by atoms with Crippen molar-refractivity contribution in [3.8, 4) is 0 Å². The van der Waals surface area contributed by atoms with Crippen LogP contribution >= 0.6 is 11.3 Å². The molecule has 3 aromatic rings. The largest absolute Gasteiger partial charge is 0.338 e. The van der Waals surface area contributed by atoms with Crippen LogP contribution in [0, 0.1) is 5.92 Å². The van der Waals surface area contributed by atoms with Gasteiger partial charge in [0.05, 0.1) is 17.2 Å². The maximum atomic E-state index is 12.4. The second kappa shape index (κ2) is 6.08. The summed E-state index contributed by atoms with van der Waals surface area (Å²) in [5.41, 5.74) is 4.07. The van der Waals surface area contributed by atoms with Gasteiger partial charge in [0.25, 0.3) is 5.91 Å². The molecule has 0 aliphatic carbocycles. The normalized spacial score (nSPS) is 17.7. The van der Waals surface area contributed by atoms with Gasteiger partial charge in [-0.15, -0.1) is 11.3 Å². The number of likely N-dealkylation sites (tertiary alicyclic amines) is 1. The Bertz CT molecular complexity index is 826. The highest BCUT2D eigenvalue weighted by Crippen LogP contribution is 2.26. The summed E-state index contributed by atoms with van der Waals surface area (Å²) < 4.78 is 0. The van der Waals surface area contributed by atoms with Gasteiger partial charge in [-0.05, 0) is 30.4 Å². The number of benzene rings is 1. The van der Waals surface area contributed by atoms with Crippen molar-refractivity contribution in [1.82, 2.24) is 14.9 Å². The Kier molecular flexibility index (Phi) is 3.79. The van der Waals surface area contributed by atoms with Crippen molar-refractivity contribution >= 4 is 28.1 Å². The fourth-order valence-corrected chi connectivity index (χ4v) is 3.89. The molecule has 0 unspecified atom stereocenters. The molecule has 23 heavy (non-hydrogen) atoms. The first-order valence-electron chi connectivity index (χ1n) is 7.81. The predicted molar refractivity (Wildman–Crippen MR) is 91.6 cm³/mol. The third-order valence-electron chi connectivity index (χ3n) is 4.44. The number of hydrogen-bond donors (Lipinski definition) is 0. The van der Waals surface area contributed by atoms with Crippen LogP contribution in [0.25, 0.3) is 10.9 Å². The number of nitrogens with zero attached hydrogens (tertiary/aromatic N) is 3. The molecule has 1 aliphatic heterocycles. The van der Waals surface area contributed by atoms with E-state index in [0.717, 1.165) is 36.3 Å². The van der Waals surface area contributed by atoms with Crippen LogP contribution in [-0.4, -0.2) is 33.9 Å². The Hall–Kier alpha value is -2.27. The molecule has 0 N–H and O–H groups in total. The molecule has 4 rings (SSSR count). The van der Waals surface area contributed by atoms with Gasteiger partial charge in [-0.2, -0.15) is 0 Å². The zero-order valence-electron chi connectivity index (χ0n) is 12.7. The average Bonchev–Trinajstić information content (AvgIpc) is 3.27. The lowest BCUT2D eigenvalue weighted by Gasteiger charge is -2.15. The van der Waals surface area contributed by atoms with Crippen LogP contribution in [0.5, 0.6) is 0 Å². The van der Waals surface area contributed by atoms with Crippen LogP contribution in [0.1, 0.15) is 21.7 Å². The molecule has 2 aromatic heterocycles. The van der Waals surface area contributed by atoms with Gasteiger partial charge in [-0.3, -0.25) is 14.8 Å². The van der Waals surface area contributed by atoms with Crippen molar-refractivity contribution in [2.24, 2.45) is 5.92 Å². The zero-order chi connectivity index (χ0) is 15.6. The minimum atomic E-state index is 0.117. The summed E-state index contributed by atoms with van der Waals surface area (Å²) in [7, 11) is 0. The summed E-state index contributed by atoms with van der Waals surface area (Å²) in [6.07, 6.45) is 5.53. The number of thiazole rings is 1. The quantitative estimate of drug-likeness (QED) is 0.742. The smallest absolute Gasteiger partial charge is 0.265 e. The number of aromatic nitrogens is 2. The number of carbonyl (C=O) groups excluding carboxylic acids is 1. The summed E-state index contributed by atoms with van der Waals surface area (Å²) in [5, 5.41) is 1.18. The van der Waals surface area contributed by atoms with Crippen LogP contribution in [0.4, 0.5) is 0 Å². The molecule has 5 heteroatoms. The van der Waals surface area contributed by atoms with Crippen LogP contribution < -0.4 is 0 Å². The Morgan fingerprint density at radius 1 is 1.30 bits per heavy atom. The lowest BCUT2D eigenvalue weighted by atomic mass is 9.97. The SMILES string of the molecule is O=C(c1cncs1)N1CC[C@H](Cc2cccc3cccnc23)C1. The van der Waals surface area contributed by atoms with Crippen LogP contribution in [0.15, 0.2) is 48.2 Å². The molecular formula is C18H17N3OS. The van der Waals surface area contributed by atoms with E-state index in [-0.39, 0.29) is 5.91 Å². The fourth-order valence-electron chi connectivity index (χ4n) is 3.30. The van der Waals surface area contributed by atoms with Crippen molar-refractivity contribution in [1.29, 1.82) is 0 Å². The van der Waals surface area contributed by atoms with E-state index < -0.39 is 0 Å². The van der Waals surface area contributed by atoms with E-state index in [0.29, 0.717) is 5.92 Å². The summed E-state index contributed by atoms with van der Waals surface area (Å²) >= 11 is 1.41. The summed E-state index contributed by atoms with van der Waals surface area (Å²) in [5.74, 6) is 0.616. The first-order chi connectivity index (χ1) is 11.3. The molecule has 4 nitrogen and oxygen atoms in total. The molecular weight excluding hydrogens is 306 g/mol. The second-order valence-corrected chi connectivity index (χ2v) is 6.85. The molecule has 3 heterocycles. The number of pyridine rings is 1. The molecule has 1 fully saturated rings. The van der Waals surface area contributed by atoms with Crippen LogP contribution in [0.2, 0.25) is 0 Å². The van der Waals surface area contributed by atoms with Crippen LogP contribution in [-0.2, 0) is 6.42 Å². The number of carbonyl (C=O) groups is 1. The molecule has 0 saturated carbocycles. The van der Waals surface area contributed by atoms with Gasteiger partial charge in [0.2, 0.25) is 0 Å². The van der Waals surface area contributed by atoms with Gasteiger partial charge in [0, 0.05) is 24.7 Å². The van der Waals surface area contributed by atoms with E-state index in [4.69, 9.17) is 0 Å². The Morgan fingerprint density at radius 2 is 2.22 bits per heavy atom. The van der Waals surface area contributed by atoms with Gasteiger partial charge in [-0.25, -0.2) is 0 Å². The maximum Gasteiger partial charge on any atom is 0.265 e. The average molecular weight is 323 g/mol. The van der Waals surface area contributed by atoms with E-state index >= 15 is 0 Å². The summed E-state index contributed by atoms with van der Waals surface area (Å²) in [4.78, 5) is 23.6. The molecule has 0 bridgehead atoms. The topological polar surface area (TPSA) is 46.1 Å². The van der Waals surface area contributed by atoms with E-state index in [1.165, 1.54) is 22.3 Å². The minimum absolute atomic E-state index is 0.117. The van der Waals surface area contributed by atoms with Gasteiger partial charge in [0.1, 0.15) is 4.88 Å². The van der Waals surface area contributed by atoms with Crippen molar-refractivity contribution in [2.75, 3.05) is 13.1 Å². The molecule has 0 spiro atoms. The molecule has 1 amide bonds. The van der Waals surface area contributed by atoms with Crippen molar-refractivity contribution in [3.05, 3.63) is 58.7 Å². The molecule has 1 aromatic carbocycles. The third kappa shape index (κ3) is 2.84. The van der Waals surface area contributed by atoms with Crippen molar-refractivity contribution in [2.45, 2.75) is 12.8 Å². The van der Waals surface area contributed by atoms with Gasteiger partial charge in [-0.1, -0.05) is 24.3 Å². The highest BCUT2D eigenvalue weighted by Gasteiger charge is 2.28. The predicted octanol–water partition coefficient (Wildman–Crippen LogP) is 3.40. The maximum absolute atomic E-state index is 12.4. The Labute approximate surface area is 138 Å². The number of fused-ring (bicyclic) bond motifs is 1. The summed E-state index contributed by atoms with van der Waals surface area (Å²) in [6, 6.07) is 10.4.